The van der Waals surface area contributed by atoms with Gasteiger partial charge in [0, 0.05) is 36.9 Å². The molecule has 0 aliphatic rings. The minimum atomic E-state index is -0.290. The van der Waals surface area contributed by atoms with E-state index in [-0.39, 0.29) is 6.03 Å². The summed E-state index contributed by atoms with van der Waals surface area (Å²) in [5.41, 5.74) is 8.80. The Morgan fingerprint density at radius 2 is 2.04 bits per heavy atom. The van der Waals surface area contributed by atoms with Gasteiger partial charge in [-0.2, -0.15) is 0 Å². The summed E-state index contributed by atoms with van der Waals surface area (Å²) in [6.45, 7) is 2.80. The smallest absolute Gasteiger partial charge is 0.320 e. The lowest BCUT2D eigenvalue weighted by Crippen LogP contribution is -2.28. The number of ether oxygens (including phenoxy) is 1. The van der Waals surface area contributed by atoms with Gasteiger partial charge < -0.3 is 15.8 Å². The lowest BCUT2D eigenvalue weighted by Gasteiger charge is -2.13. The number of benzene rings is 1. The summed E-state index contributed by atoms with van der Waals surface area (Å²) in [5, 5.41) is 7.33. The maximum atomic E-state index is 11.8. The number of methoxy groups -OCH3 is 1. The third-order valence-electron chi connectivity index (χ3n) is 4.05. The molecule has 0 spiro atoms. The number of urea groups is 1. The fraction of sp³-hybridized carbons (Fsp3) is 0.211. The molecule has 0 atom stereocenters. The number of nitrogens with zero attached hydrogens (tertiary/aromatic N) is 2. The summed E-state index contributed by atoms with van der Waals surface area (Å²) in [5.74, 6) is 1.01. The van der Waals surface area contributed by atoms with Crippen molar-refractivity contribution in [1.29, 1.82) is 0 Å². The van der Waals surface area contributed by atoms with Gasteiger partial charge >= 0.3 is 6.03 Å². The molecule has 0 saturated carbocycles. The molecular formula is C19H21N5O2. The number of carbonyl (C=O) groups excluding carboxylic acids is 1. The number of aromatic nitrogens is 2. The van der Waals surface area contributed by atoms with Gasteiger partial charge in [0.2, 0.25) is 5.88 Å². The van der Waals surface area contributed by atoms with Crippen LogP contribution in [0.3, 0.4) is 0 Å². The molecule has 0 aliphatic heterocycles. The number of fused-ring (bicyclic) bond motifs is 1. The minimum absolute atomic E-state index is 0.290. The summed E-state index contributed by atoms with van der Waals surface area (Å²) in [6, 6.07) is 9.34. The van der Waals surface area contributed by atoms with Gasteiger partial charge in [0.15, 0.2) is 0 Å². The number of nitrogens with two attached hydrogens (primary N) is 1. The Hall–Kier alpha value is -3.19. The van der Waals surface area contributed by atoms with Crippen LogP contribution >= 0.6 is 0 Å². The standard InChI is InChI=1S/C19H21N5O2/c1-3-21-19(25)24-17-9-15-14(12-6-7-22-18(8-12)26-2)5-4-13(10-20)16(15)11-23-17/h4-9,11H,3,10,20H2,1-2H3,(H2,21,23,24,25). The van der Waals surface area contributed by atoms with Crippen LogP contribution in [-0.4, -0.2) is 29.7 Å². The number of pyridine rings is 2. The van der Waals surface area contributed by atoms with Crippen LogP contribution in [0.5, 0.6) is 5.88 Å². The summed E-state index contributed by atoms with van der Waals surface area (Å²) >= 11 is 0. The topological polar surface area (TPSA) is 102 Å². The third kappa shape index (κ3) is 3.57. The first-order chi connectivity index (χ1) is 12.7. The highest BCUT2D eigenvalue weighted by Crippen LogP contribution is 2.32. The molecule has 0 saturated heterocycles. The van der Waals surface area contributed by atoms with Gasteiger partial charge in [0.05, 0.1) is 7.11 Å². The van der Waals surface area contributed by atoms with Crippen molar-refractivity contribution in [3.63, 3.8) is 0 Å². The van der Waals surface area contributed by atoms with Gasteiger partial charge in [0.25, 0.3) is 0 Å². The summed E-state index contributed by atoms with van der Waals surface area (Å²) in [4.78, 5) is 20.3. The van der Waals surface area contributed by atoms with E-state index in [1.165, 1.54) is 0 Å². The number of rotatable bonds is 5. The van der Waals surface area contributed by atoms with Crippen LogP contribution in [0.1, 0.15) is 12.5 Å². The van der Waals surface area contributed by atoms with Crippen molar-refractivity contribution in [3.8, 4) is 17.0 Å². The number of nitrogens with one attached hydrogen (secondary N) is 2. The molecule has 1 aromatic carbocycles. The van der Waals surface area contributed by atoms with E-state index in [1.54, 1.807) is 19.5 Å². The van der Waals surface area contributed by atoms with E-state index >= 15 is 0 Å². The zero-order chi connectivity index (χ0) is 18.5. The van der Waals surface area contributed by atoms with Gasteiger partial charge in [0.1, 0.15) is 5.82 Å². The second-order valence-corrected chi connectivity index (χ2v) is 5.66. The first kappa shape index (κ1) is 17.6. The molecule has 2 heterocycles. The molecule has 0 aliphatic carbocycles. The van der Waals surface area contributed by atoms with Crippen LogP contribution in [0.2, 0.25) is 0 Å². The number of hydrogen-bond donors (Lipinski definition) is 3. The van der Waals surface area contributed by atoms with E-state index in [0.717, 1.165) is 27.5 Å². The van der Waals surface area contributed by atoms with Crippen molar-refractivity contribution < 1.29 is 9.53 Å². The highest BCUT2D eigenvalue weighted by molar-refractivity contribution is 6.00. The number of amides is 2. The quantitative estimate of drug-likeness (QED) is 0.656. The third-order valence-corrected chi connectivity index (χ3v) is 4.05. The maximum Gasteiger partial charge on any atom is 0.320 e. The van der Waals surface area contributed by atoms with Crippen molar-refractivity contribution >= 4 is 22.6 Å². The first-order valence-corrected chi connectivity index (χ1v) is 8.33. The second-order valence-electron chi connectivity index (χ2n) is 5.66. The molecule has 26 heavy (non-hydrogen) atoms. The minimum Gasteiger partial charge on any atom is -0.481 e. The molecule has 0 radical (unpaired) electrons. The first-order valence-electron chi connectivity index (χ1n) is 8.33. The fourth-order valence-electron chi connectivity index (χ4n) is 2.81. The molecule has 7 nitrogen and oxygen atoms in total. The molecule has 134 valence electrons. The van der Waals surface area contributed by atoms with Crippen molar-refractivity contribution in [2.75, 3.05) is 19.0 Å². The van der Waals surface area contributed by atoms with Crippen molar-refractivity contribution in [2.24, 2.45) is 5.73 Å². The zero-order valence-corrected chi connectivity index (χ0v) is 14.7. The van der Waals surface area contributed by atoms with Gasteiger partial charge in [-0.1, -0.05) is 12.1 Å². The Bertz CT molecular complexity index is 942. The van der Waals surface area contributed by atoms with Crippen molar-refractivity contribution in [1.82, 2.24) is 15.3 Å². The lowest BCUT2D eigenvalue weighted by molar-refractivity contribution is 0.252. The average molecular weight is 351 g/mol. The number of carbonyl (C=O) groups is 1. The molecule has 0 fully saturated rings. The number of hydrogen-bond acceptors (Lipinski definition) is 5. The lowest BCUT2D eigenvalue weighted by atomic mass is 9.96. The monoisotopic (exact) mass is 351 g/mol. The van der Waals surface area contributed by atoms with Crippen molar-refractivity contribution in [2.45, 2.75) is 13.5 Å². The summed E-state index contributed by atoms with van der Waals surface area (Å²) in [7, 11) is 1.58. The normalized spacial score (nSPS) is 10.6. The zero-order valence-electron chi connectivity index (χ0n) is 14.7. The van der Waals surface area contributed by atoms with E-state index < -0.39 is 0 Å². The highest BCUT2D eigenvalue weighted by atomic mass is 16.5. The van der Waals surface area contributed by atoms with Crippen LogP contribution in [0.4, 0.5) is 10.6 Å². The Kier molecular flexibility index (Phi) is 5.28. The molecule has 7 heteroatoms. The van der Waals surface area contributed by atoms with Gasteiger partial charge in [-0.25, -0.2) is 14.8 Å². The Balaban J connectivity index is 2.13. The molecule has 2 amide bonds. The molecule has 0 bridgehead atoms. The van der Waals surface area contributed by atoms with Crippen LogP contribution in [-0.2, 0) is 6.54 Å². The van der Waals surface area contributed by atoms with Crippen LogP contribution < -0.4 is 21.1 Å². The highest BCUT2D eigenvalue weighted by Gasteiger charge is 2.11. The van der Waals surface area contributed by atoms with Crippen LogP contribution in [0.15, 0.2) is 42.7 Å². The molecule has 4 N–H and O–H groups in total. The second kappa shape index (κ2) is 7.79. The van der Waals surface area contributed by atoms with Crippen molar-refractivity contribution in [3.05, 3.63) is 48.3 Å². The Labute approximate surface area is 151 Å². The van der Waals surface area contributed by atoms with E-state index in [4.69, 9.17) is 10.5 Å². The van der Waals surface area contributed by atoms with Gasteiger partial charge in [-0.15, -0.1) is 0 Å². The van der Waals surface area contributed by atoms with Gasteiger partial charge in [-0.05, 0) is 41.1 Å². The Morgan fingerprint density at radius 1 is 1.19 bits per heavy atom. The largest absolute Gasteiger partial charge is 0.481 e. The fourth-order valence-corrected chi connectivity index (χ4v) is 2.81. The van der Waals surface area contributed by atoms with E-state index in [1.807, 2.05) is 37.3 Å². The van der Waals surface area contributed by atoms with E-state index in [9.17, 15) is 4.79 Å². The summed E-state index contributed by atoms with van der Waals surface area (Å²) < 4.78 is 5.23. The van der Waals surface area contributed by atoms with Gasteiger partial charge in [-0.3, -0.25) is 5.32 Å². The molecule has 2 aromatic heterocycles. The Morgan fingerprint density at radius 3 is 2.77 bits per heavy atom. The van der Waals surface area contributed by atoms with Crippen LogP contribution in [0, 0.1) is 0 Å². The predicted octanol–water partition coefficient (Wildman–Crippen LogP) is 2.91. The molecule has 0 unspecified atom stereocenters. The molecule has 3 aromatic rings. The van der Waals surface area contributed by atoms with Crippen LogP contribution in [0.25, 0.3) is 21.9 Å². The number of anilines is 1. The SMILES string of the molecule is CCNC(=O)Nc1cc2c(-c3ccnc(OC)c3)ccc(CN)c2cn1. The van der Waals surface area contributed by atoms with E-state index in [2.05, 4.69) is 20.6 Å². The maximum absolute atomic E-state index is 11.8. The molecule has 3 rings (SSSR count). The average Bonchev–Trinajstić information content (AvgIpc) is 2.67. The van der Waals surface area contributed by atoms with E-state index in [0.29, 0.717) is 24.8 Å². The molecular weight excluding hydrogens is 330 g/mol. The summed E-state index contributed by atoms with van der Waals surface area (Å²) in [6.07, 6.45) is 3.44. The predicted molar refractivity (Wildman–Crippen MR) is 102 cm³/mol.